The van der Waals surface area contributed by atoms with Gasteiger partial charge >= 0.3 is 0 Å². The average molecular weight is 231 g/mol. The lowest BCUT2D eigenvalue weighted by molar-refractivity contribution is 0.0976. The lowest BCUT2D eigenvalue weighted by Gasteiger charge is -2.44. The van der Waals surface area contributed by atoms with E-state index in [1.807, 2.05) is 0 Å². The van der Waals surface area contributed by atoms with Gasteiger partial charge in [-0.15, -0.1) is 0 Å². The Morgan fingerprint density at radius 1 is 1.24 bits per heavy atom. The largest absolute Gasteiger partial charge is 0.316 e. The molecular weight excluding hydrogens is 206 g/mol. The van der Waals surface area contributed by atoms with E-state index >= 15 is 0 Å². The van der Waals surface area contributed by atoms with Crippen molar-refractivity contribution < 1.29 is 0 Å². The van der Waals surface area contributed by atoms with Crippen molar-refractivity contribution in [3.8, 4) is 0 Å². The third-order valence-electron chi connectivity index (χ3n) is 4.65. The molecule has 1 aliphatic heterocycles. The fraction of sp³-hybridized carbons (Fsp3) is 0.625. The molecule has 17 heavy (non-hydrogen) atoms. The molecule has 0 aliphatic carbocycles. The summed E-state index contributed by atoms with van der Waals surface area (Å²) in [6.07, 6.45) is 5.19. The standard InChI is InChI=1S/C16H25N/c1-3-15-13-17-11-10-16(15,4-2)12-14-8-6-5-7-9-14/h5-9,15,17H,3-4,10-13H2,1-2H3. The SMILES string of the molecule is CCC1CNCCC1(CC)Cc1ccccc1. The molecule has 0 bridgehead atoms. The number of piperidine rings is 1. The zero-order valence-corrected chi connectivity index (χ0v) is 11.2. The van der Waals surface area contributed by atoms with Crippen LogP contribution in [0.4, 0.5) is 0 Å². The highest BCUT2D eigenvalue weighted by Gasteiger charge is 2.37. The first-order chi connectivity index (χ1) is 8.30. The van der Waals surface area contributed by atoms with E-state index in [1.165, 1.54) is 44.3 Å². The second kappa shape index (κ2) is 5.68. The van der Waals surface area contributed by atoms with Crippen molar-refractivity contribution in [2.75, 3.05) is 13.1 Å². The number of benzene rings is 1. The molecule has 1 heteroatoms. The van der Waals surface area contributed by atoms with Crippen LogP contribution < -0.4 is 5.32 Å². The molecule has 1 heterocycles. The van der Waals surface area contributed by atoms with Gasteiger partial charge in [0.15, 0.2) is 0 Å². The Morgan fingerprint density at radius 3 is 2.65 bits per heavy atom. The van der Waals surface area contributed by atoms with Crippen LogP contribution in [0.1, 0.15) is 38.7 Å². The average Bonchev–Trinajstić information content (AvgIpc) is 2.40. The summed E-state index contributed by atoms with van der Waals surface area (Å²) in [6.45, 7) is 7.11. The molecule has 0 spiro atoms. The molecule has 0 aromatic heterocycles. The second-order valence-corrected chi connectivity index (χ2v) is 5.44. The Morgan fingerprint density at radius 2 is 2.00 bits per heavy atom. The first-order valence-corrected chi connectivity index (χ1v) is 7.05. The van der Waals surface area contributed by atoms with Crippen LogP contribution in [-0.2, 0) is 6.42 Å². The summed E-state index contributed by atoms with van der Waals surface area (Å²) >= 11 is 0. The quantitative estimate of drug-likeness (QED) is 0.834. The molecular formula is C16H25N. The lowest BCUT2D eigenvalue weighted by Crippen LogP contribution is -2.45. The van der Waals surface area contributed by atoms with Gasteiger partial charge in [0.25, 0.3) is 0 Å². The molecule has 1 saturated heterocycles. The minimum atomic E-state index is 0.529. The predicted molar refractivity (Wildman–Crippen MR) is 74.1 cm³/mol. The molecule has 0 saturated carbocycles. The maximum absolute atomic E-state index is 3.56. The third-order valence-corrected chi connectivity index (χ3v) is 4.65. The first kappa shape index (κ1) is 12.6. The molecule has 2 atom stereocenters. The van der Waals surface area contributed by atoms with Gasteiger partial charge in [0, 0.05) is 0 Å². The number of rotatable bonds is 4. The monoisotopic (exact) mass is 231 g/mol. The van der Waals surface area contributed by atoms with Gasteiger partial charge in [0.05, 0.1) is 0 Å². The van der Waals surface area contributed by atoms with Crippen LogP contribution in [0.3, 0.4) is 0 Å². The van der Waals surface area contributed by atoms with E-state index < -0.39 is 0 Å². The number of hydrogen-bond acceptors (Lipinski definition) is 1. The molecule has 94 valence electrons. The fourth-order valence-electron chi connectivity index (χ4n) is 3.44. The van der Waals surface area contributed by atoms with Gasteiger partial charge in [-0.2, -0.15) is 0 Å². The summed E-state index contributed by atoms with van der Waals surface area (Å²) in [4.78, 5) is 0. The van der Waals surface area contributed by atoms with E-state index in [0.29, 0.717) is 5.41 Å². The highest BCUT2D eigenvalue weighted by molar-refractivity contribution is 5.17. The minimum absolute atomic E-state index is 0.529. The van der Waals surface area contributed by atoms with Crippen molar-refractivity contribution in [3.63, 3.8) is 0 Å². The molecule has 1 fully saturated rings. The lowest BCUT2D eigenvalue weighted by atomic mass is 9.64. The summed E-state index contributed by atoms with van der Waals surface area (Å²) in [7, 11) is 0. The number of hydrogen-bond donors (Lipinski definition) is 1. The van der Waals surface area contributed by atoms with Crippen LogP contribution in [0, 0.1) is 11.3 Å². The van der Waals surface area contributed by atoms with Gasteiger partial charge in [-0.05, 0) is 49.2 Å². The van der Waals surface area contributed by atoms with Crippen molar-refractivity contribution in [1.29, 1.82) is 0 Å². The van der Waals surface area contributed by atoms with Crippen molar-refractivity contribution in [3.05, 3.63) is 35.9 Å². The van der Waals surface area contributed by atoms with Crippen LogP contribution in [0.15, 0.2) is 30.3 Å². The Hall–Kier alpha value is -0.820. The molecule has 2 unspecified atom stereocenters. The van der Waals surface area contributed by atoms with Crippen LogP contribution in [0.5, 0.6) is 0 Å². The molecule has 0 radical (unpaired) electrons. The van der Waals surface area contributed by atoms with Gasteiger partial charge in [-0.3, -0.25) is 0 Å². The highest BCUT2D eigenvalue weighted by Crippen LogP contribution is 2.42. The van der Waals surface area contributed by atoms with E-state index in [1.54, 1.807) is 0 Å². The predicted octanol–water partition coefficient (Wildman–Crippen LogP) is 3.65. The minimum Gasteiger partial charge on any atom is -0.316 e. The molecule has 1 nitrogen and oxygen atoms in total. The molecule has 1 N–H and O–H groups in total. The van der Waals surface area contributed by atoms with Crippen molar-refractivity contribution in [1.82, 2.24) is 5.32 Å². The summed E-state index contributed by atoms with van der Waals surface area (Å²) in [5.41, 5.74) is 2.04. The normalized spacial score (nSPS) is 29.2. The van der Waals surface area contributed by atoms with E-state index in [9.17, 15) is 0 Å². The van der Waals surface area contributed by atoms with Crippen LogP contribution in [0.25, 0.3) is 0 Å². The maximum Gasteiger partial charge on any atom is -0.00152 e. The number of nitrogens with one attached hydrogen (secondary N) is 1. The summed E-state index contributed by atoms with van der Waals surface area (Å²) in [5, 5.41) is 3.56. The van der Waals surface area contributed by atoms with E-state index in [-0.39, 0.29) is 0 Å². The molecule has 1 aromatic carbocycles. The van der Waals surface area contributed by atoms with Crippen LogP contribution in [0.2, 0.25) is 0 Å². The smallest absolute Gasteiger partial charge is 0.00152 e. The Bertz CT molecular complexity index is 333. The van der Waals surface area contributed by atoms with E-state index in [4.69, 9.17) is 0 Å². The Balaban J connectivity index is 2.17. The van der Waals surface area contributed by atoms with Gasteiger partial charge in [-0.25, -0.2) is 0 Å². The zero-order valence-electron chi connectivity index (χ0n) is 11.2. The van der Waals surface area contributed by atoms with Crippen LogP contribution in [-0.4, -0.2) is 13.1 Å². The first-order valence-electron chi connectivity index (χ1n) is 7.05. The molecule has 1 aliphatic rings. The summed E-state index contributed by atoms with van der Waals surface area (Å²) in [6, 6.07) is 11.0. The highest BCUT2D eigenvalue weighted by atomic mass is 14.9. The van der Waals surface area contributed by atoms with Gasteiger partial charge in [0.1, 0.15) is 0 Å². The Kier molecular flexibility index (Phi) is 4.22. The summed E-state index contributed by atoms with van der Waals surface area (Å²) in [5.74, 6) is 0.835. The van der Waals surface area contributed by atoms with E-state index in [0.717, 1.165) is 5.92 Å². The van der Waals surface area contributed by atoms with Crippen molar-refractivity contribution >= 4 is 0 Å². The Labute approximate surface area is 106 Å². The topological polar surface area (TPSA) is 12.0 Å². The maximum atomic E-state index is 3.56. The molecule has 1 aromatic rings. The summed E-state index contributed by atoms with van der Waals surface area (Å²) < 4.78 is 0. The van der Waals surface area contributed by atoms with Gasteiger partial charge in [-0.1, -0.05) is 50.6 Å². The fourth-order valence-corrected chi connectivity index (χ4v) is 3.44. The van der Waals surface area contributed by atoms with Crippen molar-refractivity contribution in [2.45, 2.75) is 39.5 Å². The molecule has 2 rings (SSSR count). The second-order valence-electron chi connectivity index (χ2n) is 5.44. The van der Waals surface area contributed by atoms with Crippen molar-refractivity contribution in [2.24, 2.45) is 11.3 Å². The van der Waals surface area contributed by atoms with Crippen LogP contribution >= 0.6 is 0 Å². The van der Waals surface area contributed by atoms with Gasteiger partial charge < -0.3 is 5.32 Å². The molecule has 0 amide bonds. The zero-order chi connectivity index (χ0) is 12.1. The van der Waals surface area contributed by atoms with E-state index in [2.05, 4.69) is 49.5 Å². The van der Waals surface area contributed by atoms with Gasteiger partial charge in [0.2, 0.25) is 0 Å². The third kappa shape index (κ3) is 2.71.